The zero-order valence-electron chi connectivity index (χ0n) is 17.5. The van der Waals surface area contributed by atoms with Gasteiger partial charge in [-0.1, -0.05) is 63.8 Å². The van der Waals surface area contributed by atoms with Crippen LogP contribution in [0.3, 0.4) is 0 Å². The molecule has 0 amide bonds. The van der Waals surface area contributed by atoms with Crippen LogP contribution in [0.4, 0.5) is 0 Å². The van der Waals surface area contributed by atoms with Crippen molar-refractivity contribution in [1.82, 2.24) is 9.97 Å². The number of hydrogen-bond donors (Lipinski definition) is 0. The van der Waals surface area contributed by atoms with Crippen LogP contribution in [-0.4, -0.2) is 9.97 Å². The summed E-state index contributed by atoms with van der Waals surface area (Å²) in [5, 5.41) is 0. The van der Waals surface area contributed by atoms with E-state index in [1.54, 1.807) is 0 Å². The molecule has 0 bridgehead atoms. The second-order valence-corrected chi connectivity index (χ2v) is 8.39. The summed E-state index contributed by atoms with van der Waals surface area (Å²) in [6.07, 6.45) is 15.0. The maximum absolute atomic E-state index is 4.92. The Morgan fingerprint density at radius 1 is 0.926 bits per heavy atom. The van der Waals surface area contributed by atoms with Gasteiger partial charge in [0.05, 0.1) is 0 Å². The van der Waals surface area contributed by atoms with Gasteiger partial charge >= 0.3 is 0 Å². The molecule has 27 heavy (non-hydrogen) atoms. The molecular formula is C25H36N2. The fraction of sp³-hybridized carbons (Fsp3) is 0.600. The van der Waals surface area contributed by atoms with Gasteiger partial charge in [-0.25, -0.2) is 9.97 Å². The molecule has 146 valence electrons. The average molecular weight is 365 g/mol. The maximum atomic E-state index is 4.92. The lowest BCUT2D eigenvalue weighted by Crippen LogP contribution is -2.15. The molecule has 2 aromatic rings. The molecule has 0 unspecified atom stereocenters. The highest BCUT2D eigenvalue weighted by Gasteiger charge is 2.24. The fourth-order valence-electron chi connectivity index (χ4n) is 4.51. The molecule has 1 fully saturated rings. The van der Waals surface area contributed by atoms with Crippen LogP contribution in [0.15, 0.2) is 30.5 Å². The van der Waals surface area contributed by atoms with Crippen LogP contribution < -0.4 is 0 Å². The van der Waals surface area contributed by atoms with Gasteiger partial charge < -0.3 is 0 Å². The molecule has 1 heterocycles. The molecule has 0 aliphatic heterocycles. The summed E-state index contributed by atoms with van der Waals surface area (Å²) >= 11 is 0. The Labute approximate surface area is 165 Å². The van der Waals surface area contributed by atoms with Crippen molar-refractivity contribution < 1.29 is 0 Å². The third kappa shape index (κ3) is 5.40. The molecule has 0 spiro atoms. The van der Waals surface area contributed by atoms with Crippen molar-refractivity contribution >= 4 is 0 Å². The monoisotopic (exact) mass is 364 g/mol. The normalized spacial score (nSPS) is 20.0. The van der Waals surface area contributed by atoms with Crippen molar-refractivity contribution in [2.24, 2.45) is 5.92 Å². The Hall–Kier alpha value is -1.70. The topological polar surface area (TPSA) is 25.8 Å². The Morgan fingerprint density at radius 2 is 1.67 bits per heavy atom. The van der Waals surface area contributed by atoms with E-state index in [9.17, 15) is 0 Å². The Bertz CT molecular complexity index is 697. The minimum Gasteiger partial charge on any atom is -0.240 e. The third-order valence-corrected chi connectivity index (χ3v) is 6.24. The van der Waals surface area contributed by atoms with Crippen molar-refractivity contribution in [1.29, 1.82) is 0 Å². The van der Waals surface area contributed by atoms with Crippen molar-refractivity contribution in [3.8, 4) is 11.1 Å². The number of benzene rings is 1. The van der Waals surface area contributed by atoms with Crippen LogP contribution in [0.2, 0.25) is 0 Å². The molecule has 2 nitrogen and oxygen atoms in total. The summed E-state index contributed by atoms with van der Waals surface area (Å²) in [5.41, 5.74) is 4.98. The van der Waals surface area contributed by atoms with Crippen LogP contribution in [0, 0.1) is 12.8 Å². The predicted octanol–water partition coefficient (Wildman–Crippen LogP) is 7.26. The molecular weight excluding hydrogens is 328 g/mol. The highest BCUT2D eigenvalue weighted by molar-refractivity contribution is 5.65. The molecule has 0 saturated heterocycles. The summed E-state index contributed by atoms with van der Waals surface area (Å²) in [6.45, 7) is 6.69. The predicted molar refractivity (Wildman–Crippen MR) is 115 cm³/mol. The summed E-state index contributed by atoms with van der Waals surface area (Å²) in [7, 11) is 0. The smallest absolute Gasteiger partial charge is 0.131 e. The Balaban J connectivity index is 1.64. The number of unbranched alkanes of at least 4 members (excludes halogenated alkanes) is 2. The van der Waals surface area contributed by atoms with Gasteiger partial charge in [0, 0.05) is 23.4 Å². The zero-order valence-corrected chi connectivity index (χ0v) is 17.5. The van der Waals surface area contributed by atoms with Crippen molar-refractivity contribution in [2.45, 2.75) is 90.9 Å². The first-order chi connectivity index (χ1) is 13.2. The average Bonchev–Trinajstić information content (AvgIpc) is 2.70. The van der Waals surface area contributed by atoms with E-state index >= 15 is 0 Å². The minimum atomic E-state index is 0.562. The first-order valence-corrected chi connectivity index (χ1v) is 11.1. The summed E-state index contributed by atoms with van der Waals surface area (Å²) in [4.78, 5) is 9.70. The number of aryl methyl sites for hydroxylation is 2. The quantitative estimate of drug-likeness (QED) is 0.461. The van der Waals surface area contributed by atoms with E-state index < -0.39 is 0 Å². The van der Waals surface area contributed by atoms with Gasteiger partial charge in [-0.05, 0) is 62.5 Å². The van der Waals surface area contributed by atoms with E-state index in [4.69, 9.17) is 9.97 Å². The van der Waals surface area contributed by atoms with Gasteiger partial charge in [-0.15, -0.1) is 0 Å². The standard InChI is InChI=1S/C25H36N2/c1-4-6-7-9-21-10-14-22(15-11-21)24-18-26-25(27-19(24)3)23-16-12-20(8-5-2)13-17-23/h10-11,14-15,18,20,23H,4-9,12-13,16-17H2,1-3H3/t20-,23-. The van der Waals surface area contributed by atoms with E-state index in [1.165, 1.54) is 80.9 Å². The van der Waals surface area contributed by atoms with E-state index in [2.05, 4.69) is 51.2 Å². The largest absolute Gasteiger partial charge is 0.240 e. The van der Waals surface area contributed by atoms with Crippen LogP contribution >= 0.6 is 0 Å². The van der Waals surface area contributed by atoms with Gasteiger partial charge in [-0.2, -0.15) is 0 Å². The highest BCUT2D eigenvalue weighted by atomic mass is 14.9. The second-order valence-electron chi connectivity index (χ2n) is 8.39. The number of aromatic nitrogens is 2. The molecule has 1 saturated carbocycles. The Kier molecular flexibility index (Phi) is 7.43. The van der Waals surface area contributed by atoms with Crippen molar-refractivity contribution in [3.05, 3.63) is 47.5 Å². The number of rotatable bonds is 8. The van der Waals surface area contributed by atoms with E-state index in [0.717, 1.165) is 17.4 Å². The second kappa shape index (κ2) is 10.0. The van der Waals surface area contributed by atoms with Gasteiger partial charge in [0.2, 0.25) is 0 Å². The summed E-state index contributed by atoms with van der Waals surface area (Å²) in [5.74, 6) is 2.57. The molecule has 2 heteroatoms. The number of nitrogens with zero attached hydrogens (tertiary/aromatic N) is 2. The van der Waals surface area contributed by atoms with E-state index in [1.807, 2.05) is 0 Å². The summed E-state index contributed by atoms with van der Waals surface area (Å²) in [6, 6.07) is 9.02. The van der Waals surface area contributed by atoms with Crippen LogP contribution in [0.25, 0.3) is 11.1 Å². The third-order valence-electron chi connectivity index (χ3n) is 6.24. The van der Waals surface area contributed by atoms with Crippen LogP contribution in [0.5, 0.6) is 0 Å². The lowest BCUT2D eigenvalue weighted by atomic mass is 9.79. The van der Waals surface area contributed by atoms with Gasteiger partial charge in [0.25, 0.3) is 0 Å². The molecule has 3 rings (SSSR count). The fourth-order valence-corrected chi connectivity index (χ4v) is 4.51. The molecule has 1 aliphatic rings. The first kappa shape index (κ1) is 20.0. The van der Waals surface area contributed by atoms with Crippen LogP contribution in [-0.2, 0) is 6.42 Å². The molecule has 0 N–H and O–H groups in total. The maximum Gasteiger partial charge on any atom is 0.131 e. The molecule has 0 radical (unpaired) electrons. The Morgan fingerprint density at radius 3 is 2.30 bits per heavy atom. The van der Waals surface area contributed by atoms with E-state index in [-0.39, 0.29) is 0 Å². The lowest BCUT2D eigenvalue weighted by Gasteiger charge is -2.27. The lowest BCUT2D eigenvalue weighted by molar-refractivity contribution is 0.302. The van der Waals surface area contributed by atoms with Gasteiger partial charge in [0.1, 0.15) is 5.82 Å². The summed E-state index contributed by atoms with van der Waals surface area (Å²) < 4.78 is 0. The van der Waals surface area contributed by atoms with Crippen LogP contribution in [0.1, 0.15) is 94.6 Å². The minimum absolute atomic E-state index is 0.562. The zero-order chi connectivity index (χ0) is 19.1. The van der Waals surface area contributed by atoms with Crippen molar-refractivity contribution in [3.63, 3.8) is 0 Å². The molecule has 0 atom stereocenters. The molecule has 1 aromatic carbocycles. The highest BCUT2D eigenvalue weighted by Crippen LogP contribution is 2.36. The van der Waals surface area contributed by atoms with Gasteiger partial charge in [0.15, 0.2) is 0 Å². The number of hydrogen-bond acceptors (Lipinski definition) is 2. The van der Waals surface area contributed by atoms with E-state index in [0.29, 0.717) is 5.92 Å². The SMILES string of the molecule is CCCCCc1ccc(-c2cnc([C@H]3CC[C@H](CCC)CC3)nc2C)cc1. The molecule has 1 aromatic heterocycles. The molecule has 1 aliphatic carbocycles. The van der Waals surface area contributed by atoms with Crippen molar-refractivity contribution in [2.75, 3.05) is 0 Å². The van der Waals surface area contributed by atoms with Gasteiger partial charge in [-0.3, -0.25) is 0 Å². The first-order valence-electron chi connectivity index (χ1n) is 11.1.